The summed E-state index contributed by atoms with van der Waals surface area (Å²) in [6.07, 6.45) is 1.53. The smallest absolute Gasteiger partial charge is 0.284 e. The molecule has 0 aliphatic carbocycles. The van der Waals surface area contributed by atoms with E-state index in [0.717, 1.165) is 30.7 Å². The summed E-state index contributed by atoms with van der Waals surface area (Å²) in [5, 5.41) is 19.7. The maximum absolute atomic E-state index is 13.0. The Labute approximate surface area is 195 Å². The maximum Gasteiger partial charge on any atom is 0.284 e. The number of piperidine rings is 1. The molecule has 0 amide bonds. The van der Waals surface area contributed by atoms with Crippen molar-refractivity contribution in [1.82, 2.24) is 14.5 Å². The first-order valence-electron chi connectivity index (χ1n) is 10.2. The summed E-state index contributed by atoms with van der Waals surface area (Å²) in [5.74, 6) is 1.39. The van der Waals surface area contributed by atoms with Crippen LogP contribution in [0.25, 0.3) is 11.5 Å². The van der Waals surface area contributed by atoms with Crippen LogP contribution in [-0.2, 0) is 10.0 Å². The molecule has 1 saturated heterocycles. The Morgan fingerprint density at radius 2 is 1.85 bits per heavy atom. The molecule has 33 heavy (non-hydrogen) atoms. The summed E-state index contributed by atoms with van der Waals surface area (Å²) in [7, 11) is -2.25. The zero-order valence-electron chi connectivity index (χ0n) is 18.0. The molecule has 0 spiro atoms. The highest BCUT2D eigenvalue weighted by atomic mass is 32.2. The van der Waals surface area contributed by atoms with Gasteiger partial charge in [0.2, 0.25) is 15.9 Å². The van der Waals surface area contributed by atoms with Crippen LogP contribution in [0.1, 0.15) is 19.8 Å². The van der Waals surface area contributed by atoms with Gasteiger partial charge in [-0.2, -0.15) is 4.31 Å². The Kier molecular flexibility index (Phi) is 6.68. The van der Waals surface area contributed by atoms with Gasteiger partial charge in [-0.15, -0.1) is 10.2 Å². The summed E-state index contributed by atoms with van der Waals surface area (Å²) in [4.78, 5) is 11.2. The minimum atomic E-state index is -3.81. The Morgan fingerprint density at radius 1 is 1.15 bits per heavy atom. The number of aromatic nitrogens is 2. The molecule has 10 nitrogen and oxygen atoms in total. The minimum absolute atomic E-state index is 0.0995. The number of sulfonamides is 1. The number of hydrogen-bond donors (Lipinski definition) is 0. The molecule has 0 atom stereocenters. The van der Waals surface area contributed by atoms with Crippen molar-refractivity contribution in [3.63, 3.8) is 0 Å². The average molecular weight is 491 g/mol. The van der Waals surface area contributed by atoms with Crippen LogP contribution < -0.4 is 4.74 Å². The zero-order valence-corrected chi connectivity index (χ0v) is 19.6. The lowest BCUT2D eigenvalue weighted by atomic mass is 10.0. The predicted octanol–water partition coefficient (Wildman–Crippen LogP) is 4.23. The highest BCUT2D eigenvalue weighted by Crippen LogP contribution is 2.37. The molecule has 0 N–H and O–H groups in total. The first-order valence-corrected chi connectivity index (χ1v) is 12.5. The van der Waals surface area contributed by atoms with E-state index in [1.165, 1.54) is 16.4 Å². The number of nitro groups is 1. The Morgan fingerprint density at radius 3 is 2.48 bits per heavy atom. The van der Waals surface area contributed by atoms with Crippen LogP contribution >= 0.6 is 11.8 Å². The van der Waals surface area contributed by atoms with Crippen LogP contribution in [0.4, 0.5) is 5.69 Å². The van der Waals surface area contributed by atoms with E-state index in [4.69, 9.17) is 9.15 Å². The molecule has 2 aromatic carbocycles. The first-order chi connectivity index (χ1) is 15.8. The average Bonchev–Trinajstić information content (AvgIpc) is 3.28. The molecule has 1 aliphatic rings. The standard InChI is InChI=1S/C21H22N4O6S2/c1-14-9-11-24(12-10-14)33(28,29)17-7-8-19(18(13-17)25(26)27)32-21-23-22-20(31-21)15-3-5-16(30-2)6-4-15/h3-8,13-14H,9-12H2,1-2H3. The van der Waals surface area contributed by atoms with Crippen molar-refractivity contribution < 1.29 is 22.5 Å². The Hall–Kier alpha value is -2.96. The highest BCUT2D eigenvalue weighted by Gasteiger charge is 2.30. The lowest BCUT2D eigenvalue weighted by molar-refractivity contribution is -0.388. The second kappa shape index (κ2) is 9.49. The summed E-state index contributed by atoms with van der Waals surface area (Å²) in [5.41, 5.74) is 0.331. The fourth-order valence-corrected chi connectivity index (χ4v) is 5.71. The van der Waals surface area contributed by atoms with Crippen molar-refractivity contribution in [1.29, 1.82) is 0 Å². The zero-order chi connectivity index (χ0) is 23.6. The molecule has 174 valence electrons. The molecule has 3 aromatic rings. The molecular weight excluding hydrogens is 468 g/mol. The highest BCUT2D eigenvalue weighted by molar-refractivity contribution is 7.99. The van der Waals surface area contributed by atoms with Gasteiger partial charge in [0.15, 0.2) is 0 Å². The number of methoxy groups -OCH3 is 1. The van der Waals surface area contributed by atoms with Gasteiger partial charge in [0.1, 0.15) is 5.75 Å². The Balaban J connectivity index is 1.57. The molecular formula is C21H22N4O6S2. The summed E-state index contributed by atoms with van der Waals surface area (Å²) in [6.45, 7) is 2.90. The van der Waals surface area contributed by atoms with Gasteiger partial charge >= 0.3 is 0 Å². The maximum atomic E-state index is 13.0. The lowest BCUT2D eigenvalue weighted by Crippen LogP contribution is -2.37. The van der Waals surface area contributed by atoms with Gasteiger partial charge in [-0.1, -0.05) is 6.92 Å². The van der Waals surface area contributed by atoms with E-state index in [2.05, 4.69) is 17.1 Å². The molecule has 0 radical (unpaired) electrons. The second-order valence-electron chi connectivity index (χ2n) is 7.68. The van der Waals surface area contributed by atoms with Crippen molar-refractivity contribution >= 4 is 27.5 Å². The molecule has 1 aliphatic heterocycles. The predicted molar refractivity (Wildman–Crippen MR) is 121 cm³/mol. The first kappa shape index (κ1) is 23.2. The van der Waals surface area contributed by atoms with Crippen LogP contribution in [-0.4, -0.2) is 48.0 Å². The van der Waals surface area contributed by atoms with Gasteiger partial charge in [0.05, 0.1) is 21.8 Å². The van der Waals surface area contributed by atoms with Gasteiger partial charge in [0.25, 0.3) is 10.9 Å². The SMILES string of the molecule is COc1ccc(-c2nnc(Sc3ccc(S(=O)(=O)N4CCC(C)CC4)cc3[N+](=O)[O-])o2)cc1. The van der Waals surface area contributed by atoms with Crippen LogP contribution in [0.3, 0.4) is 0 Å². The third kappa shape index (κ3) is 5.02. The van der Waals surface area contributed by atoms with E-state index in [-0.39, 0.29) is 26.6 Å². The Bertz CT molecular complexity index is 1250. The van der Waals surface area contributed by atoms with Crippen molar-refractivity contribution in [3.05, 3.63) is 52.6 Å². The monoisotopic (exact) mass is 490 g/mol. The summed E-state index contributed by atoms with van der Waals surface area (Å²) >= 11 is 0.906. The van der Waals surface area contributed by atoms with Crippen molar-refractivity contribution in [2.24, 2.45) is 5.92 Å². The van der Waals surface area contributed by atoms with E-state index in [9.17, 15) is 18.5 Å². The van der Waals surface area contributed by atoms with Crippen LogP contribution in [0.2, 0.25) is 0 Å². The molecule has 0 unspecified atom stereocenters. The number of nitro benzene ring substituents is 1. The summed E-state index contributed by atoms with van der Waals surface area (Å²) in [6, 6.07) is 10.9. The van der Waals surface area contributed by atoms with E-state index in [0.29, 0.717) is 30.3 Å². The molecule has 2 heterocycles. The third-order valence-electron chi connectivity index (χ3n) is 5.45. The number of ether oxygens (including phenoxy) is 1. The normalized spacial score (nSPS) is 15.5. The van der Waals surface area contributed by atoms with Crippen molar-refractivity contribution in [3.8, 4) is 17.2 Å². The number of nitrogens with zero attached hydrogens (tertiary/aromatic N) is 4. The van der Waals surface area contributed by atoms with Crippen molar-refractivity contribution in [2.45, 2.75) is 34.8 Å². The van der Waals surface area contributed by atoms with Gasteiger partial charge in [0, 0.05) is 24.7 Å². The molecule has 0 saturated carbocycles. The van der Waals surface area contributed by atoms with E-state index >= 15 is 0 Å². The molecule has 4 rings (SSSR count). The fourth-order valence-electron chi connectivity index (χ4n) is 3.46. The number of rotatable bonds is 7. The van der Waals surface area contributed by atoms with Gasteiger partial charge in [-0.05, 0) is 66.9 Å². The number of hydrogen-bond acceptors (Lipinski definition) is 9. The molecule has 0 bridgehead atoms. The van der Waals surface area contributed by atoms with Crippen LogP contribution in [0.15, 0.2) is 61.9 Å². The second-order valence-corrected chi connectivity index (χ2v) is 10.6. The van der Waals surface area contributed by atoms with Crippen LogP contribution in [0, 0.1) is 16.0 Å². The molecule has 1 fully saturated rings. The molecule has 12 heteroatoms. The largest absolute Gasteiger partial charge is 0.497 e. The van der Waals surface area contributed by atoms with Crippen molar-refractivity contribution in [2.75, 3.05) is 20.2 Å². The minimum Gasteiger partial charge on any atom is -0.497 e. The molecule has 1 aromatic heterocycles. The van der Waals surface area contributed by atoms with Crippen LogP contribution in [0.5, 0.6) is 5.75 Å². The van der Waals surface area contributed by atoms with Gasteiger partial charge in [-0.3, -0.25) is 10.1 Å². The topological polar surface area (TPSA) is 129 Å². The summed E-state index contributed by atoms with van der Waals surface area (Å²) < 4.78 is 38.1. The third-order valence-corrected chi connectivity index (χ3v) is 8.25. The quantitative estimate of drug-likeness (QED) is 0.353. The fraction of sp³-hybridized carbons (Fsp3) is 0.333. The van der Waals surface area contributed by atoms with E-state index in [1.807, 2.05) is 0 Å². The van der Waals surface area contributed by atoms with Gasteiger partial charge in [-0.25, -0.2) is 8.42 Å². The van der Waals surface area contributed by atoms with E-state index < -0.39 is 14.9 Å². The number of benzene rings is 2. The van der Waals surface area contributed by atoms with E-state index in [1.54, 1.807) is 31.4 Å². The lowest BCUT2D eigenvalue weighted by Gasteiger charge is -2.29. The van der Waals surface area contributed by atoms with Gasteiger partial charge < -0.3 is 9.15 Å².